The van der Waals surface area contributed by atoms with Crippen LogP contribution in [-0.4, -0.2) is 21.5 Å². The number of thiophene rings is 1. The summed E-state index contributed by atoms with van der Waals surface area (Å²) in [6.07, 6.45) is 6.83. The molecule has 32 heavy (non-hydrogen) atoms. The fourth-order valence-electron chi connectivity index (χ4n) is 4.30. The Morgan fingerprint density at radius 3 is 2.84 bits per heavy atom. The van der Waals surface area contributed by atoms with Crippen LogP contribution in [0.15, 0.2) is 52.9 Å². The molecule has 2 atom stereocenters. The van der Waals surface area contributed by atoms with Crippen LogP contribution >= 0.6 is 23.1 Å². The van der Waals surface area contributed by atoms with Crippen molar-refractivity contribution in [2.75, 3.05) is 0 Å². The molecule has 1 N–H and O–H groups in total. The van der Waals surface area contributed by atoms with Crippen molar-refractivity contribution in [3.63, 3.8) is 0 Å². The first-order valence-electron chi connectivity index (χ1n) is 11.2. The number of nitrogens with zero attached hydrogens (tertiary/aromatic N) is 2. The molecule has 5 nitrogen and oxygen atoms in total. The highest BCUT2D eigenvalue weighted by Crippen LogP contribution is 2.39. The Labute approximate surface area is 195 Å². The molecule has 2 heterocycles. The lowest BCUT2D eigenvalue weighted by Gasteiger charge is -2.19. The van der Waals surface area contributed by atoms with E-state index in [0.717, 1.165) is 47.9 Å². The third-order valence-corrected chi connectivity index (χ3v) is 8.57. The van der Waals surface area contributed by atoms with E-state index in [0.29, 0.717) is 17.6 Å². The topological polar surface area (TPSA) is 64.0 Å². The van der Waals surface area contributed by atoms with Gasteiger partial charge in [-0.3, -0.25) is 14.2 Å². The zero-order valence-corrected chi connectivity index (χ0v) is 19.8. The summed E-state index contributed by atoms with van der Waals surface area (Å²) in [4.78, 5) is 33.8. The minimum absolute atomic E-state index is 0.0149. The summed E-state index contributed by atoms with van der Waals surface area (Å²) in [5.74, 6) is 0.607. The number of aryl methyl sites for hydroxylation is 1. The zero-order chi connectivity index (χ0) is 22.2. The number of carbonyl (C=O) groups is 1. The summed E-state index contributed by atoms with van der Waals surface area (Å²) in [5.41, 5.74) is 2.08. The Morgan fingerprint density at radius 1 is 1.34 bits per heavy atom. The van der Waals surface area contributed by atoms with Crippen molar-refractivity contribution in [2.24, 2.45) is 5.92 Å². The van der Waals surface area contributed by atoms with E-state index < -0.39 is 5.25 Å². The summed E-state index contributed by atoms with van der Waals surface area (Å²) in [7, 11) is 0. The van der Waals surface area contributed by atoms with Crippen LogP contribution in [0, 0.1) is 5.92 Å². The maximum Gasteiger partial charge on any atom is 0.263 e. The Morgan fingerprint density at radius 2 is 2.12 bits per heavy atom. The molecule has 3 aromatic rings. The van der Waals surface area contributed by atoms with Crippen LogP contribution in [0.25, 0.3) is 10.2 Å². The molecule has 1 fully saturated rings. The molecule has 166 valence electrons. The minimum atomic E-state index is -0.466. The number of allylic oxidation sites excluding steroid dienone is 1. The van der Waals surface area contributed by atoms with E-state index in [1.54, 1.807) is 22.0 Å². The monoisotopic (exact) mass is 465 g/mol. The van der Waals surface area contributed by atoms with Crippen LogP contribution in [0.1, 0.15) is 47.4 Å². The Balaban J connectivity index is 1.59. The number of nitrogens with one attached hydrogen (secondary N) is 1. The van der Waals surface area contributed by atoms with E-state index >= 15 is 0 Å². The molecule has 1 aromatic carbocycles. The third kappa shape index (κ3) is 4.16. The third-order valence-electron chi connectivity index (χ3n) is 6.18. The van der Waals surface area contributed by atoms with Gasteiger partial charge < -0.3 is 5.32 Å². The number of aromatic nitrogens is 2. The van der Waals surface area contributed by atoms with Crippen LogP contribution in [0.5, 0.6) is 0 Å². The van der Waals surface area contributed by atoms with Crippen LogP contribution in [-0.2, 0) is 24.2 Å². The standard InChI is InChI=1S/C25H27N3O2S2/c1-3-13-28-24(30)20-18-12-9-15(2)14-19(18)31-23(20)27-25(28)32-21(16-7-5-4-6-8-16)22(29)26-17-10-11-17/h3-8,15,17,21H,1,9-14H2,2H3,(H,26,29). The van der Waals surface area contributed by atoms with E-state index in [9.17, 15) is 9.59 Å². The highest BCUT2D eigenvalue weighted by atomic mass is 32.2. The first-order chi connectivity index (χ1) is 15.5. The lowest BCUT2D eigenvalue weighted by atomic mass is 9.89. The zero-order valence-electron chi connectivity index (χ0n) is 18.2. The molecule has 1 saturated carbocycles. The van der Waals surface area contributed by atoms with Crippen molar-refractivity contribution >= 4 is 39.2 Å². The van der Waals surface area contributed by atoms with Crippen molar-refractivity contribution in [3.8, 4) is 0 Å². The molecule has 2 aliphatic rings. The van der Waals surface area contributed by atoms with Gasteiger partial charge in [-0.05, 0) is 49.1 Å². The highest BCUT2D eigenvalue weighted by molar-refractivity contribution is 8.00. The number of amides is 1. The van der Waals surface area contributed by atoms with E-state index in [-0.39, 0.29) is 17.5 Å². The van der Waals surface area contributed by atoms with Gasteiger partial charge in [0.15, 0.2) is 5.16 Å². The molecule has 0 bridgehead atoms. The van der Waals surface area contributed by atoms with Crippen molar-refractivity contribution in [1.82, 2.24) is 14.9 Å². The molecule has 7 heteroatoms. The van der Waals surface area contributed by atoms with Gasteiger partial charge >= 0.3 is 0 Å². The normalized spacial score (nSPS) is 18.8. The van der Waals surface area contributed by atoms with Gasteiger partial charge in [0.2, 0.25) is 5.91 Å². The molecule has 2 aromatic heterocycles. The van der Waals surface area contributed by atoms with Gasteiger partial charge in [0.1, 0.15) is 10.1 Å². The average molecular weight is 466 g/mol. The van der Waals surface area contributed by atoms with E-state index in [4.69, 9.17) is 4.98 Å². The fraction of sp³-hybridized carbons (Fsp3) is 0.400. The largest absolute Gasteiger partial charge is 0.352 e. The minimum Gasteiger partial charge on any atom is -0.352 e. The van der Waals surface area contributed by atoms with Gasteiger partial charge in [0.25, 0.3) is 5.56 Å². The summed E-state index contributed by atoms with van der Waals surface area (Å²) >= 11 is 3.01. The molecular weight excluding hydrogens is 438 g/mol. The van der Waals surface area contributed by atoms with Crippen LogP contribution in [0.3, 0.4) is 0 Å². The number of hydrogen-bond donors (Lipinski definition) is 1. The Kier molecular flexibility index (Phi) is 5.95. The number of benzene rings is 1. The average Bonchev–Trinajstić information content (AvgIpc) is 3.52. The summed E-state index contributed by atoms with van der Waals surface area (Å²) in [5, 5.41) is 4.01. The molecule has 0 radical (unpaired) electrons. The van der Waals surface area contributed by atoms with Gasteiger partial charge in [0, 0.05) is 17.5 Å². The summed E-state index contributed by atoms with van der Waals surface area (Å²) < 4.78 is 1.69. The van der Waals surface area contributed by atoms with Crippen molar-refractivity contribution < 1.29 is 4.79 Å². The Hall–Kier alpha value is -2.38. The smallest absolute Gasteiger partial charge is 0.263 e. The van der Waals surface area contributed by atoms with Crippen LogP contribution in [0.2, 0.25) is 0 Å². The molecule has 2 unspecified atom stereocenters. The van der Waals surface area contributed by atoms with Gasteiger partial charge in [-0.2, -0.15) is 0 Å². The first-order valence-corrected chi connectivity index (χ1v) is 12.9. The fourth-order valence-corrected chi connectivity index (χ4v) is 6.83. The lowest BCUT2D eigenvalue weighted by molar-refractivity contribution is -0.120. The highest BCUT2D eigenvalue weighted by Gasteiger charge is 2.31. The Bertz CT molecular complexity index is 1230. The van der Waals surface area contributed by atoms with Crippen molar-refractivity contribution in [1.29, 1.82) is 0 Å². The predicted octanol–water partition coefficient (Wildman–Crippen LogP) is 4.88. The van der Waals surface area contributed by atoms with E-state index in [1.165, 1.54) is 22.2 Å². The molecule has 2 aliphatic carbocycles. The van der Waals surface area contributed by atoms with Crippen molar-refractivity contribution in [2.45, 2.75) is 62.0 Å². The SMILES string of the molecule is C=CCn1c(SC(C(=O)NC2CC2)c2ccccc2)nc2sc3c(c2c1=O)CCC(C)C3. The molecule has 0 aliphatic heterocycles. The first kappa shape index (κ1) is 21.5. The van der Waals surface area contributed by atoms with Gasteiger partial charge in [0.05, 0.1) is 5.39 Å². The second-order valence-corrected chi connectivity index (χ2v) is 11.0. The second kappa shape index (κ2) is 8.87. The second-order valence-electron chi connectivity index (χ2n) is 8.82. The summed E-state index contributed by atoms with van der Waals surface area (Å²) in [6, 6.07) is 10.0. The van der Waals surface area contributed by atoms with Gasteiger partial charge in [-0.15, -0.1) is 17.9 Å². The van der Waals surface area contributed by atoms with E-state index in [2.05, 4.69) is 18.8 Å². The van der Waals surface area contributed by atoms with Gasteiger partial charge in [-0.25, -0.2) is 4.98 Å². The van der Waals surface area contributed by atoms with Gasteiger partial charge in [-0.1, -0.05) is 55.1 Å². The number of hydrogen-bond acceptors (Lipinski definition) is 5. The summed E-state index contributed by atoms with van der Waals surface area (Å²) in [6.45, 7) is 6.49. The molecule has 0 saturated heterocycles. The molecule has 0 spiro atoms. The van der Waals surface area contributed by atoms with Crippen LogP contribution in [0.4, 0.5) is 0 Å². The number of thioether (sulfide) groups is 1. The molecular formula is C25H27N3O2S2. The molecule has 1 amide bonds. The molecule has 5 rings (SSSR count). The van der Waals surface area contributed by atoms with Crippen molar-refractivity contribution in [3.05, 3.63) is 69.3 Å². The lowest BCUT2D eigenvalue weighted by Crippen LogP contribution is -2.30. The van der Waals surface area contributed by atoms with Crippen LogP contribution < -0.4 is 10.9 Å². The number of carbonyl (C=O) groups excluding carboxylic acids is 1. The maximum absolute atomic E-state index is 13.6. The quantitative estimate of drug-likeness (QED) is 0.307. The predicted molar refractivity (Wildman–Crippen MR) is 131 cm³/mol. The number of fused-ring (bicyclic) bond motifs is 3. The maximum atomic E-state index is 13.6. The number of rotatable bonds is 7. The van der Waals surface area contributed by atoms with E-state index in [1.807, 2.05) is 30.3 Å².